The lowest BCUT2D eigenvalue weighted by Gasteiger charge is -2.13. The van der Waals surface area contributed by atoms with Gasteiger partial charge in [-0.05, 0) is 12.5 Å². The lowest BCUT2D eigenvalue weighted by molar-refractivity contribution is -0.127. The zero-order valence-corrected chi connectivity index (χ0v) is 13.9. The number of nitrogens with zero attached hydrogens (tertiary/aromatic N) is 3. The maximum atomic E-state index is 11.6. The molecule has 5 nitrogen and oxygen atoms in total. The van der Waals surface area contributed by atoms with Crippen LogP contribution in [-0.4, -0.2) is 34.0 Å². The van der Waals surface area contributed by atoms with Crippen LogP contribution >= 0.6 is 22.9 Å². The molecule has 23 heavy (non-hydrogen) atoms. The van der Waals surface area contributed by atoms with Crippen molar-refractivity contribution in [2.24, 2.45) is 0 Å². The van der Waals surface area contributed by atoms with Crippen LogP contribution < -0.4 is 0 Å². The van der Waals surface area contributed by atoms with Crippen LogP contribution in [0.5, 0.6) is 0 Å². The SMILES string of the molecule is O=C1CCCN1CCc1nc(-c2sc3ccccc3c2Cl)no1. The van der Waals surface area contributed by atoms with E-state index in [9.17, 15) is 4.79 Å². The number of hydrogen-bond acceptors (Lipinski definition) is 5. The van der Waals surface area contributed by atoms with Crippen LogP contribution in [0.3, 0.4) is 0 Å². The number of amides is 1. The van der Waals surface area contributed by atoms with E-state index in [-0.39, 0.29) is 5.91 Å². The molecule has 0 N–H and O–H groups in total. The second kappa shape index (κ2) is 5.94. The fourth-order valence-corrected chi connectivity index (χ4v) is 4.22. The van der Waals surface area contributed by atoms with E-state index in [2.05, 4.69) is 10.1 Å². The standard InChI is InChI=1S/C16H14ClN3O2S/c17-14-10-4-1-2-5-11(10)23-15(14)16-18-12(22-19-16)7-9-20-8-3-6-13(20)21/h1-2,4-5H,3,6-9H2. The van der Waals surface area contributed by atoms with Gasteiger partial charge in [-0.3, -0.25) is 4.79 Å². The van der Waals surface area contributed by atoms with Gasteiger partial charge in [0.1, 0.15) is 0 Å². The van der Waals surface area contributed by atoms with Crippen molar-refractivity contribution in [3.05, 3.63) is 35.2 Å². The van der Waals surface area contributed by atoms with E-state index < -0.39 is 0 Å². The van der Waals surface area contributed by atoms with Gasteiger partial charge in [-0.1, -0.05) is 35.0 Å². The zero-order valence-electron chi connectivity index (χ0n) is 12.3. The summed E-state index contributed by atoms with van der Waals surface area (Å²) >= 11 is 7.99. The third-order valence-corrected chi connectivity index (χ3v) is 5.64. The lowest BCUT2D eigenvalue weighted by atomic mass is 10.2. The molecule has 1 aromatic carbocycles. The summed E-state index contributed by atoms with van der Waals surface area (Å²) in [6.07, 6.45) is 2.15. The Kier molecular flexibility index (Phi) is 3.79. The summed E-state index contributed by atoms with van der Waals surface area (Å²) in [5.74, 6) is 1.25. The number of benzene rings is 1. The fraction of sp³-hybridized carbons (Fsp3) is 0.312. The molecule has 0 aliphatic carbocycles. The second-order valence-corrected chi connectivity index (χ2v) is 6.92. The molecule has 4 rings (SSSR count). The molecule has 0 unspecified atom stereocenters. The molecule has 118 valence electrons. The van der Waals surface area contributed by atoms with Gasteiger partial charge in [-0.25, -0.2) is 0 Å². The first-order valence-corrected chi connectivity index (χ1v) is 8.69. The normalized spacial score (nSPS) is 15.0. The van der Waals surface area contributed by atoms with E-state index in [0.29, 0.717) is 36.1 Å². The minimum Gasteiger partial charge on any atom is -0.342 e. The average Bonchev–Trinajstić information content (AvgIpc) is 3.25. The zero-order chi connectivity index (χ0) is 15.8. The van der Waals surface area contributed by atoms with Gasteiger partial charge in [0.25, 0.3) is 0 Å². The topological polar surface area (TPSA) is 59.2 Å². The monoisotopic (exact) mass is 347 g/mol. The number of fused-ring (bicyclic) bond motifs is 1. The molecule has 0 atom stereocenters. The molecule has 1 aliphatic heterocycles. The van der Waals surface area contributed by atoms with E-state index in [1.807, 2.05) is 29.2 Å². The molecule has 1 aliphatic rings. The molecule has 0 spiro atoms. The van der Waals surface area contributed by atoms with Crippen molar-refractivity contribution in [1.29, 1.82) is 0 Å². The largest absolute Gasteiger partial charge is 0.342 e. The molecule has 1 amide bonds. The Labute approximate surface area is 141 Å². The second-order valence-electron chi connectivity index (χ2n) is 5.49. The van der Waals surface area contributed by atoms with Crippen LogP contribution in [0.15, 0.2) is 28.8 Å². The van der Waals surface area contributed by atoms with E-state index >= 15 is 0 Å². The molecule has 3 aromatic rings. The number of halogens is 1. The highest BCUT2D eigenvalue weighted by Crippen LogP contribution is 2.40. The highest BCUT2D eigenvalue weighted by molar-refractivity contribution is 7.23. The number of aromatic nitrogens is 2. The Morgan fingerprint density at radius 3 is 3.00 bits per heavy atom. The summed E-state index contributed by atoms with van der Waals surface area (Å²) in [6.45, 7) is 1.45. The van der Waals surface area contributed by atoms with Gasteiger partial charge in [0.15, 0.2) is 0 Å². The maximum absolute atomic E-state index is 11.6. The minimum atomic E-state index is 0.206. The predicted molar refractivity (Wildman–Crippen MR) is 89.6 cm³/mol. The first-order chi connectivity index (χ1) is 11.2. The molecule has 0 bridgehead atoms. The highest BCUT2D eigenvalue weighted by Gasteiger charge is 2.21. The van der Waals surface area contributed by atoms with Crippen LogP contribution in [0.2, 0.25) is 5.02 Å². The number of thiophene rings is 1. The molecule has 7 heteroatoms. The van der Waals surface area contributed by atoms with Crippen molar-refractivity contribution in [2.45, 2.75) is 19.3 Å². The Morgan fingerprint density at radius 1 is 1.35 bits per heavy atom. The summed E-state index contributed by atoms with van der Waals surface area (Å²) in [7, 11) is 0. The third kappa shape index (κ3) is 2.72. The van der Waals surface area contributed by atoms with Crippen LogP contribution in [0.25, 0.3) is 20.8 Å². The van der Waals surface area contributed by atoms with Gasteiger partial charge in [0.2, 0.25) is 17.6 Å². The van der Waals surface area contributed by atoms with Crippen molar-refractivity contribution < 1.29 is 9.32 Å². The predicted octanol–water partition coefficient (Wildman–Crippen LogP) is 3.77. The molecule has 0 saturated carbocycles. The summed E-state index contributed by atoms with van der Waals surface area (Å²) < 4.78 is 6.41. The smallest absolute Gasteiger partial charge is 0.228 e. The summed E-state index contributed by atoms with van der Waals surface area (Å²) in [5.41, 5.74) is 0. The highest BCUT2D eigenvalue weighted by atomic mass is 35.5. The molecule has 1 fully saturated rings. The van der Waals surface area contributed by atoms with Crippen LogP contribution in [-0.2, 0) is 11.2 Å². The van der Waals surface area contributed by atoms with Gasteiger partial charge in [0.05, 0.1) is 9.90 Å². The summed E-state index contributed by atoms with van der Waals surface area (Å²) in [4.78, 5) is 18.7. The molecular weight excluding hydrogens is 334 g/mol. The quantitative estimate of drug-likeness (QED) is 0.720. The molecule has 1 saturated heterocycles. The molecule has 2 aromatic heterocycles. The first kappa shape index (κ1) is 14.7. The van der Waals surface area contributed by atoms with Gasteiger partial charge < -0.3 is 9.42 Å². The van der Waals surface area contributed by atoms with E-state index in [1.165, 1.54) is 0 Å². The first-order valence-electron chi connectivity index (χ1n) is 7.50. The Hall–Kier alpha value is -1.92. The Bertz CT molecular complexity index is 873. The van der Waals surface area contributed by atoms with Crippen LogP contribution in [0.1, 0.15) is 18.7 Å². The number of likely N-dealkylation sites (tertiary alicyclic amines) is 1. The van der Waals surface area contributed by atoms with Crippen molar-refractivity contribution in [1.82, 2.24) is 15.0 Å². The van der Waals surface area contributed by atoms with Crippen LogP contribution in [0, 0.1) is 0 Å². The number of hydrogen-bond donors (Lipinski definition) is 0. The third-order valence-electron chi connectivity index (χ3n) is 3.97. The van der Waals surface area contributed by atoms with E-state index in [4.69, 9.17) is 16.1 Å². The maximum Gasteiger partial charge on any atom is 0.228 e. The summed E-state index contributed by atoms with van der Waals surface area (Å²) in [5, 5.41) is 5.71. The van der Waals surface area contributed by atoms with Gasteiger partial charge in [0, 0.05) is 36.0 Å². The van der Waals surface area contributed by atoms with Gasteiger partial charge >= 0.3 is 0 Å². The van der Waals surface area contributed by atoms with E-state index in [0.717, 1.165) is 27.9 Å². The number of rotatable bonds is 4. The lowest BCUT2D eigenvalue weighted by Crippen LogP contribution is -2.26. The summed E-state index contributed by atoms with van der Waals surface area (Å²) in [6, 6.07) is 7.94. The average molecular weight is 348 g/mol. The Morgan fingerprint density at radius 2 is 2.22 bits per heavy atom. The van der Waals surface area contributed by atoms with E-state index in [1.54, 1.807) is 11.3 Å². The molecule has 0 radical (unpaired) electrons. The fourth-order valence-electron chi connectivity index (χ4n) is 2.78. The molecular formula is C16H14ClN3O2S. The number of carbonyl (C=O) groups is 1. The van der Waals surface area contributed by atoms with Crippen molar-refractivity contribution in [3.63, 3.8) is 0 Å². The van der Waals surface area contributed by atoms with Crippen molar-refractivity contribution in [2.75, 3.05) is 13.1 Å². The molecule has 3 heterocycles. The minimum absolute atomic E-state index is 0.206. The van der Waals surface area contributed by atoms with Crippen molar-refractivity contribution >= 4 is 38.9 Å². The van der Waals surface area contributed by atoms with Crippen LogP contribution in [0.4, 0.5) is 0 Å². The van der Waals surface area contributed by atoms with Crippen molar-refractivity contribution in [3.8, 4) is 10.7 Å². The number of carbonyl (C=O) groups excluding carboxylic acids is 1. The van der Waals surface area contributed by atoms with Gasteiger partial charge in [-0.2, -0.15) is 4.98 Å². The van der Waals surface area contributed by atoms with Gasteiger partial charge in [-0.15, -0.1) is 11.3 Å². The Balaban J connectivity index is 1.54.